The van der Waals surface area contributed by atoms with Gasteiger partial charge in [-0.3, -0.25) is 9.35 Å². The third-order valence-corrected chi connectivity index (χ3v) is 7.31. The number of fused-ring (bicyclic) bond motifs is 1. The fourth-order valence-corrected chi connectivity index (χ4v) is 5.08. The third-order valence-electron chi connectivity index (χ3n) is 5.55. The van der Waals surface area contributed by atoms with Gasteiger partial charge in [-0.05, 0) is 55.1 Å². The Balaban J connectivity index is 0.00000420. The van der Waals surface area contributed by atoms with Gasteiger partial charge >= 0.3 is 29.6 Å². The van der Waals surface area contributed by atoms with Crippen molar-refractivity contribution >= 4 is 67.1 Å². The second-order valence-corrected chi connectivity index (χ2v) is 10.2. The van der Waals surface area contributed by atoms with Gasteiger partial charge in [-0.2, -0.15) is 13.5 Å². The molecule has 4 aromatic carbocycles. The van der Waals surface area contributed by atoms with Crippen LogP contribution < -0.4 is 44.7 Å². The Labute approximate surface area is 256 Å². The van der Waals surface area contributed by atoms with Gasteiger partial charge in [0.1, 0.15) is 16.3 Å². The Kier molecular flexibility index (Phi) is 10.0. The van der Waals surface area contributed by atoms with Gasteiger partial charge in [0.15, 0.2) is 0 Å². The molecule has 196 valence electrons. The number of anilines is 1. The normalized spacial score (nSPS) is 11.4. The van der Waals surface area contributed by atoms with Gasteiger partial charge in [0.2, 0.25) is 0 Å². The number of carbonyl (C=O) groups is 1. The molecule has 0 bridgehead atoms. The van der Waals surface area contributed by atoms with Gasteiger partial charge in [0, 0.05) is 22.0 Å². The van der Waals surface area contributed by atoms with Crippen molar-refractivity contribution in [2.24, 2.45) is 10.2 Å². The molecular weight excluding hydrogens is 576 g/mol. The number of benzene rings is 4. The minimum atomic E-state index is -4.71. The molecule has 9 nitrogen and oxygen atoms in total. The van der Waals surface area contributed by atoms with Gasteiger partial charge in [-0.25, -0.2) is 0 Å². The van der Waals surface area contributed by atoms with Gasteiger partial charge in [0.25, 0.3) is 16.0 Å². The standard InChI is InChI=1S/C26H21Cl2N3O6S.Na/c1-3-37-16-8-10-21(20(28)13-16)29-26(33)18-12-15-6-4-5-7-17(15)23(24(18)32)31-30-22-11-9-19(27)14(2)25(22)38(34,35)36;/h4-13,32H,3H2,1-2H3,(H,29,33)(H,34,35,36);/q;+1/p-1. The molecule has 0 radical (unpaired) electrons. The van der Waals surface area contributed by atoms with Crippen LogP contribution in [0.5, 0.6) is 11.5 Å². The van der Waals surface area contributed by atoms with E-state index >= 15 is 0 Å². The Morgan fingerprint density at radius 2 is 1.77 bits per heavy atom. The number of halogens is 2. The first kappa shape index (κ1) is 30.8. The summed E-state index contributed by atoms with van der Waals surface area (Å²) in [5.74, 6) is -0.953. The molecule has 0 aliphatic heterocycles. The summed E-state index contributed by atoms with van der Waals surface area (Å²) < 4.78 is 39.1. The molecule has 0 aromatic heterocycles. The molecule has 0 heterocycles. The molecule has 4 rings (SSSR count). The molecule has 0 atom stereocenters. The third kappa shape index (κ3) is 6.72. The fraction of sp³-hybridized carbons (Fsp3) is 0.115. The van der Waals surface area contributed by atoms with E-state index in [-0.39, 0.29) is 67.8 Å². The van der Waals surface area contributed by atoms with E-state index in [1.807, 2.05) is 6.92 Å². The maximum atomic E-state index is 13.4. The van der Waals surface area contributed by atoms with Crippen LogP contribution in [0.2, 0.25) is 10.0 Å². The maximum absolute atomic E-state index is 13.4. The number of azo groups is 1. The van der Waals surface area contributed by atoms with Crippen molar-refractivity contribution < 1.29 is 57.2 Å². The number of nitrogens with one attached hydrogen (secondary N) is 1. The van der Waals surface area contributed by atoms with Crippen molar-refractivity contribution in [1.82, 2.24) is 0 Å². The monoisotopic (exact) mass is 595 g/mol. The summed E-state index contributed by atoms with van der Waals surface area (Å²) >= 11 is 12.3. The average molecular weight is 596 g/mol. The van der Waals surface area contributed by atoms with E-state index < -0.39 is 26.7 Å². The molecule has 0 saturated heterocycles. The predicted octanol–water partition coefficient (Wildman–Crippen LogP) is 3.85. The van der Waals surface area contributed by atoms with Crippen LogP contribution in [0.25, 0.3) is 10.8 Å². The summed E-state index contributed by atoms with van der Waals surface area (Å²) in [5, 5.41) is 25.2. The van der Waals surface area contributed by atoms with E-state index in [1.165, 1.54) is 25.1 Å². The summed E-state index contributed by atoms with van der Waals surface area (Å²) in [6.07, 6.45) is 0. The number of nitrogens with zero attached hydrogens (tertiary/aromatic N) is 2. The number of rotatable bonds is 7. The number of amides is 1. The van der Waals surface area contributed by atoms with Crippen molar-refractivity contribution in [2.45, 2.75) is 18.7 Å². The van der Waals surface area contributed by atoms with Crippen LogP contribution in [0.1, 0.15) is 22.8 Å². The van der Waals surface area contributed by atoms with Gasteiger partial charge in [-0.15, -0.1) is 5.11 Å². The van der Waals surface area contributed by atoms with Crippen molar-refractivity contribution in [2.75, 3.05) is 11.9 Å². The van der Waals surface area contributed by atoms with Crippen LogP contribution in [0.4, 0.5) is 17.1 Å². The van der Waals surface area contributed by atoms with Gasteiger partial charge < -0.3 is 15.2 Å². The molecule has 39 heavy (non-hydrogen) atoms. The zero-order chi connectivity index (χ0) is 27.6. The van der Waals surface area contributed by atoms with Crippen molar-refractivity contribution in [3.63, 3.8) is 0 Å². The quantitative estimate of drug-likeness (QED) is 0.189. The Morgan fingerprint density at radius 1 is 1.05 bits per heavy atom. The van der Waals surface area contributed by atoms with Crippen LogP contribution in [-0.4, -0.2) is 25.5 Å². The smallest absolute Gasteiger partial charge is 0.870 e. The van der Waals surface area contributed by atoms with E-state index in [1.54, 1.807) is 42.5 Å². The Morgan fingerprint density at radius 3 is 2.44 bits per heavy atom. The number of ether oxygens (including phenoxy) is 1. The van der Waals surface area contributed by atoms with Crippen molar-refractivity contribution in [3.8, 4) is 11.5 Å². The predicted molar refractivity (Wildman–Crippen MR) is 144 cm³/mol. The molecule has 0 fully saturated rings. The first-order chi connectivity index (χ1) is 18.0. The molecule has 13 heteroatoms. The summed E-state index contributed by atoms with van der Waals surface area (Å²) in [7, 11) is -4.71. The van der Waals surface area contributed by atoms with Crippen molar-refractivity contribution in [3.05, 3.63) is 81.8 Å². The summed E-state index contributed by atoms with van der Waals surface area (Å²) in [6.45, 7) is 3.67. The topological polar surface area (TPSA) is 140 Å². The molecule has 4 aromatic rings. The minimum Gasteiger partial charge on any atom is -0.870 e. The van der Waals surface area contributed by atoms with E-state index in [2.05, 4.69) is 15.5 Å². The molecule has 0 unspecified atom stereocenters. The largest absolute Gasteiger partial charge is 1.00 e. The summed E-state index contributed by atoms with van der Waals surface area (Å²) in [6, 6.07) is 15.5. The first-order valence-electron chi connectivity index (χ1n) is 11.2. The van der Waals surface area contributed by atoms with E-state index in [0.717, 1.165) is 0 Å². The van der Waals surface area contributed by atoms with E-state index in [0.29, 0.717) is 23.1 Å². The molecule has 0 aliphatic carbocycles. The fourth-order valence-electron chi connectivity index (χ4n) is 3.78. The number of carbonyl (C=O) groups excluding carboxylic acids is 1. The molecule has 0 aliphatic rings. The second kappa shape index (κ2) is 12.6. The summed E-state index contributed by atoms with van der Waals surface area (Å²) in [5.41, 5.74) is -0.317. The molecule has 2 N–H and O–H groups in total. The zero-order valence-electron chi connectivity index (χ0n) is 21.0. The van der Waals surface area contributed by atoms with Crippen LogP contribution in [0.15, 0.2) is 75.8 Å². The molecule has 0 saturated carbocycles. The van der Waals surface area contributed by atoms with Gasteiger partial charge in [0.05, 0.1) is 23.0 Å². The van der Waals surface area contributed by atoms with Gasteiger partial charge in [-0.1, -0.05) is 53.2 Å². The van der Waals surface area contributed by atoms with E-state index in [9.17, 15) is 22.9 Å². The average Bonchev–Trinajstić information content (AvgIpc) is 2.86. The number of hydrogen-bond acceptors (Lipinski definition) is 7. The Hall–Kier alpha value is -2.70. The number of hydrogen-bond donors (Lipinski definition) is 2. The second-order valence-electron chi connectivity index (χ2n) is 8.05. The minimum absolute atomic E-state index is 0. The molecular formula is C26H20Cl2N3NaO6S. The Bertz CT molecular complexity index is 1710. The van der Waals surface area contributed by atoms with Crippen LogP contribution in [0, 0.1) is 6.92 Å². The molecule has 0 spiro atoms. The SMILES string of the molecule is CCOc1ccc(NC(=O)c2cc3ccccc3c(N=Nc3ccc(Cl)c(C)c3S(=O)(=O)O)c2[O-])c(Cl)c1.[Na+]. The van der Waals surface area contributed by atoms with E-state index in [4.69, 9.17) is 27.9 Å². The maximum Gasteiger partial charge on any atom is 1.00 e. The summed E-state index contributed by atoms with van der Waals surface area (Å²) in [4.78, 5) is 12.6. The van der Waals surface area contributed by atoms with Crippen LogP contribution in [0.3, 0.4) is 0 Å². The van der Waals surface area contributed by atoms with Crippen molar-refractivity contribution in [1.29, 1.82) is 0 Å². The van der Waals surface area contributed by atoms with Crippen LogP contribution >= 0.6 is 23.2 Å². The molecule has 1 amide bonds. The van der Waals surface area contributed by atoms with Crippen LogP contribution in [-0.2, 0) is 10.1 Å². The zero-order valence-corrected chi connectivity index (χ0v) is 25.4. The first-order valence-corrected chi connectivity index (χ1v) is 13.4.